The second-order valence-corrected chi connectivity index (χ2v) is 3.66. The number of likely N-dealkylation sites (tertiary alicyclic amines) is 1. The van der Waals surface area contributed by atoms with Crippen molar-refractivity contribution < 1.29 is 9.90 Å². The zero-order chi connectivity index (χ0) is 8.48. The summed E-state index contributed by atoms with van der Waals surface area (Å²) in [5.41, 5.74) is 0.181. The van der Waals surface area contributed by atoms with Gasteiger partial charge in [0.2, 0.25) is 5.91 Å². The molecule has 0 aromatic heterocycles. The molecule has 0 atom stereocenters. The Kier molecular flexibility index (Phi) is 2.18. The van der Waals surface area contributed by atoms with Crippen LogP contribution in [0.3, 0.4) is 0 Å². The average Bonchev–Trinajstić information content (AvgIpc) is 1.82. The molecule has 1 heterocycles. The molecule has 0 aromatic rings. The van der Waals surface area contributed by atoms with Crippen LogP contribution in [-0.2, 0) is 4.79 Å². The number of carbonyl (C=O) groups excluding carboxylic acids is 1. The maximum atomic E-state index is 10.8. The summed E-state index contributed by atoms with van der Waals surface area (Å²) < 4.78 is 0. The predicted molar refractivity (Wildman–Crippen MR) is 42.1 cm³/mol. The number of nitrogens with zero attached hydrogens (tertiary/aromatic N) is 1. The molecule has 1 aliphatic rings. The van der Waals surface area contributed by atoms with Gasteiger partial charge in [-0.05, 0) is 6.42 Å². The van der Waals surface area contributed by atoms with E-state index in [-0.39, 0.29) is 17.9 Å². The van der Waals surface area contributed by atoms with Gasteiger partial charge in [0.25, 0.3) is 0 Å². The lowest BCUT2D eigenvalue weighted by molar-refractivity contribution is -0.140. The lowest BCUT2D eigenvalue weighted by Crippen LogP contribution is -2.56. The summed E-state index contributed by atoms with van der Waals surface area (Å²) in [4.78, 5) is 12.6. The first-order valence-electron chi connectivity index (χ1n) is 3.94. The normalized spacial score (nSPS) is 21.2. The highest BCUT2D eigenvalue weighted by Crippen LogP contribution is 2.32. The van der Waals surface area contributed by atoms with E-state index in [9.17, 15) is 4.79 Å². The zero-order valence-corrected chi connectivity index (χ0v) is 7.13. The van der Waals surface area contributed by atoms with Crippen LogP contribution in [0.25, 0.3) is 0 Å². The summed E-state index contributed by atoms with van der Waals surface area (Å²) in [6, 6.07) is 0. The largest absolute Gasteiger partial charge is 0.396 e. The number of rotatable bonds is 2. The molecule has 1 N–H and O–H groups in total. The summed E-state index contributed by atoms with van der Waals surface area (Å²) in [5.74, 6) is 0.139. The monoisotopic (exact) mass is 157 g/mol. The minimum absolute atomic E-state index is 0.139. The second-order valence-electron chi connectivity index (χ2n) is 3.66. The Labute approximate surface area is 67.0 Å². The molecular weight excluding hydrogens is 142 g/mol. The van der Waals surface area contributed by atoms with Crippen LogP contribution in [0.1, 0.15) is 20.3 Å². The van der Waals surface area contributed by atoms with Crippen molar-refractivity contribution >= 4 is 5.91 Å². The number of amides is 1. The van der Waals surface area contributed by atoms with E-state index in [1.54, 1.807) is 11.8 Å². The number of aliphatic hydroxyl groups is 1. The van der Waals surface area contributed by atoms with Crippen molar-refractivity contribution in [2.75, 3.05) is 19.7 Å². The predicted octanol–water partition coefficient (Wildman–Crippen LogP) is 0.237. The Morgan fingerprint density at radius 3 is 2.55 bits per heavy atom. The van der Waals surface area contributed by atoms with Gasteiger partial charge in [-0.25, -0.2) is 0 Å². The minimum Gasteiger partial charge on any atom is -0.396 e. The van der Waals surface area contributed by atoms with Crippen molar-refractivity contribution in [1.82, 2.24) is 4.90 Å². The standard InChI is InChI=1S/C8H15NO2/c1-7(11)9-5-8(2,6-9)3-4-10/h10H,3-6H2,1-2H3. The maximum absolute atomic E-state index is 10.8. The third-order valence-corrected chi connectivity index (χ3v) is 2.31. The molecule has 1 aliphatic heterocycles. The van der Waals surface area contributed by atoms with E-state index in [0.29, 0.717) is 0 Å². The molecule has 1 amide bonds. The maximum Gasteiger partial charge on any atom is 0.219 e. The topological polar surface area (TPSA) is 40.5 Å². The molecule has 0 spiro atoms. The molecule has 0 saturated carbocycles. The van der Waals surface area contributed by atoms with Crippen LogP contribution in [-0.4, -0.2) is 35.6 Å². The second kappa shape index (κ2) is 2.81. The molecule has 0 unspecified atom stereocenters. The lowest BCUT2D eigenvalue weighted by atomic mass is 9.79. The highest BCUT2D eigenvalue weighted by molar-refractivity contribution is 5.74. The molecular formula is C8H15NO2. The number of hydrogen-bond donors (Lipinski definition) is 1. The van der Waals surface area contributed by atoms with Crippen molar-refractivity contribution in [2.24, 2.45) is 5.41 Å². The molecule has 3 heteroatoms. The van der Waals surface area contributed by atoms with Crippen LogP contribution >= 0.6 is 0 Å². The van der Waals surface area contributed by atoms with Crippen molar-refractivity contribution in [2.45, 2.75) is 20.3 Å². The van der Waals surface area contributed by atoms with Crippen LogP contribution in [0.4, 0.5) is 0 Å². The Morgan fingerprint density at radius 1 is 1.64 bits per heavy atom. The lowest BCUT2D eigenvalue weighted by Gasteiger charge is -2.47. The van der Waals surface area contributed by atoms with Gasteiger partial charge in [-0.15, -0.1) is 0 Å². The molecule has 0 aromatic carbocycles. The van der Waals surface area contributed by atoms with E-state index in [1.807, 2.05) is 0 Å². The first-order chi connectivity index (χ1) is 5.07. The van der Waals surface area contributed by atoms with Gasteiger partial charge in [-0.2, -0.15) is 0 Å². The third-order valence-electron chi connectivity index (χ3n) is 2.31. The van der Waals surface area contributed by atoms with Gasteiger partial charge in [0.15, 0.2) is 0 Å². The van der Waals surface area contributed by atoms with Gasteiger partial charge < -0.3 is 10.0 Å². The molecule has 1 rings (SSSR count). The molecule has 0 aliphatic carbocycles. The summed E-state index contributed by atoms with van der Waals surface area (Å²) in [6.45, 7) is 5.52. The molecule has 0 bridgehead atoms. The van der Waals surface area contributed by atoms with Gasteiger partial charge >= 0.3 is 0 Å². The fraction of sp³-hybridized carbons (Fsp3) is 0.875. The first-order valence-corrected chi connectivity index (χ1v) is 3.94. The third kappa shape index (κ3) is 1.71. The van der Waals surface area contributed by atoms with E-state index >= 15 is 0 Å². The van der Waals surface area contributed by atoms with E-state index in [2.05, 4.69) is 6.92 Å². The van der Waals surface area contributed by atoms with Crippen molar-refractivity contribution in [3.63, 3.8) is 0 Å². The molecule has 1 saturated heterocycles. The van der Waals surface area contributed by atoms with E-state index < -0.39 is 0 Å². The van der Waals surface area contributed by atoms with Gasteiger partial charge in [-0.3, -0.25) is 4.79 Å². The quantitative estimate of drug-likeness (QED) is 0.623. The highest BCUT2D eigenvalue weighted by atomic mass is 16.3. The Bertz CT molecular complexity index is 161. The van der Waals surface area contributed by atoms with E-state index in [0.717, 1.165) is 19.5 Å². The molecule has 64 valence electrons. The SMILES string of the molecule is CC(=O)N1CC(C)(CCO)C1. The van der Waals surface area contributed by atoms with E-state index in [4.69, 9.17) is 5.11 Å². The van der Waals surface area contributed by atoms with Gasteiger partial charge in [-0.1, -0.05) is 6.92 Å². The summed E-state index contributed by atoms with van der Waals surface area (Å²) in [6.07, 6.45) is 0.802. The van der Waals surface area contributed by atoms with Crippen LogP contribution in [0.2, 0.25) is 0 Å². The first kappa shape index (κ1) is 8.53. The highest BCUT2D eigenvalue weighted by Gasteiger charge is 2.39. The fourth-order valence-electron chi connectivity index (χ4n) is 1.53. The van der Waals surface area contributed by atoms with Gasteiger partial charge in [0.05, 0.1) is 0 Å². The van der Waals surface area contributed by atoms with Crippen molar-refractivity contribution in [3.8, 4) is 0 Å². The van der Waals surface area contributed by atoms with E-state index in [1.165, 1.54) is 0 Å². The van der Waals surface area contributed by atoms with Crippen LogP contribution in [0.5, 0.6) is 0 Å². The van der Waals surface area contributed by atoms with Crippen LogP contribution < -0.4 is 0 Å². The number of carbonyl (C=O) groups is 1. The van der Waals surface area contributed by atoms with Crippen molar-refractivity contribution in [3.05, 3.63) is 0 Å². The Morgan fingerprint density at radius 2 is 2.18 bits per heavy atom. The van der Waals surface area contributed by atoms with Gasteiger partial charge in [0, 0.05) is 32.0 Å². The van der Waals surface area contributed by atoms with Crippen molar-refractivity contribution in [1.29, 1.82) is 0 Å². The fourth-order valence-corrected chi connectivity index (χ4v) is 1.53. The smallest absolute Gasteiger partial charge is 0.219 e. The number of aliphatic hydroxyl groups excluding tert-OH is 1. The Hall–Kier alpha value is -0.570. The molecule has 11 heavy (non-hydrogen) atoms. The molecule has 1 fully saturated rings. The van der Waals surface area contributed by atoms with Crippen LogP contribution in [0.15, 0.2) is 0 Å². The van der Waals surface area contributed by atoms with Crippen LogP contribution in [0, 0.1) is 5.41 Å². The molecule has 0 radical (unpaired) electrons. The summed E-state index contributed by atoms with van der Waals surface area (Å²) in [5, 5.41) is 8.69. The summed E-state index contributed by atoms with van der Waals surface area (Å²) in [7, 11) is 0. The number of hydrogen-bond acceptors (Lipinski definition) is 2. The Balaban J connectivity index is 2.31. The molecule has 3 nitrogen and oxygen atoms in total. The van der Waals surface area contributed by atoms with Gasteiger partial charge in [0.1, 0.15) is 0 Å². The minimum atomic E-state index is 0.139. The zero-order valence-electron chi connectivity index (χ0n) is 7.13. The summed E-state index contributed by atoms with van der Waals surface area (Å²) >= 11 is 0. The average molecular weight is 157 g/mol.